The van der Waals surface area contributed by atoms with E-state index in [1.807, 2.05) is 6.92 Å². The highest BCUT2D eigenvalue weighted by Gasteiger charge is 1.59. The molecule has 0 unspecified atom stereocenters. The topological polar surface area (TPSA) is 24.7 Å². The second-order valence-corrected chi connectivity index (χ2v) is 1.13. The highest BCUT2D eigenvalue weighted by Crippen LogP contribution is 1.63. The Morgan fingerprint density at radius 2 is 2.25 bits per heavy atom. The summed E-state index contributed by atoms with van der Waals surface area (Å²) in [6.45, 7) is 6.18. The van der Waals surface area contributed by atoms with Crippen LogP contribution in [0.3, 0.4) is 0 Å². The van der Waals surface area contributed by atoms with Gasteiger partial charge in [-0.3, -0.25) is 9.98 Å². The summed E-state index contributed by atoms with van der Waals surface area (Å²) >= 11 is 0. The molecule has 0 bridgehead atoms. The van der Waals surface area contributed by atoms with Gasteiger partial charge < -0.3 is 0 Å². The first-order chi connectivity index (χ1) is 3.91. The minimum atomic E-state index is 0.809. The van der Waals surface area contributed by atoms with Crippen molar-refractivity contribution in [3.05, 3.63) is 12.8 Å². The van der Waals surface area contributed by atoms with Crippen LogP contribution in [0.5, 0.6) is 0 Å². The van der Waals surface area contributed by atoms with Gasteiger partial charge in [-0.15, -0.1) is 0 Å². The molecule has 0 saturated carbocycles. The monoisotopic (exact) mass is 110 g/mol. The minimum Gasteiger partial charge on any atom is -0.292 e. The molecule has 8 heavy (non-hydrogen) atoms. The third-order valence-corrected chi connectivity index (χ3v) is 0.546. The van der Waals surface area contributed by atoms with Crippen molar-refractivity contribution in [2.45, 2.75) is 6.92 Å². The Balaban J connectivity index is 3.26. The first-order valence-corrected chi connectivity index (χ1v) is 2.54. The highest BCUT2D eigenvalue weighted by molar-refractivity contribution is 6.16. The zero-order valence-electron chi connectivity index (χ0n) is 5.04. The normalized spacial score (nSPS) is 11.1. The molecule has 0 aliphatic rings. The zero-order valence-corrected chi connectivity index (χ0v) is 5.04. The maximum atomic E-state index is 3.89. The molecule has 0 aromatic heterocycles. The fourth-order valence-corrected chi connectivity index (χ4v) is 0.252. The van der Waals surface area contributed by atoms with Gasteiger partial charge in [-0.2, -0.15) is 0 Å². The molecule has 0 fully saturated rings. The number of hydrogen-bond acceptors (Lipinski definition) is 2. The van der Waals surface area contributed by atoms with Crippen LogP contribution in [-0.2, 0) is 0 Å². The highest BCUT2D eigenvalue weighted by atomic mass is 14.7. The maximum Gasteiger partial charge on any atom is 0.0446 e. The fourth-order valence-electron chi connectivity index (χ4n) is 0.252. The molecule has 0 radical (unpaired) electrons. The van der Waals surface area contributed by atoms with E-state index in [-0.39, 0.29) is 0 Å². The van der Waals surface area contributed by atoms with Crippen LogP contribution in [0, 0.1) is 0 Å². The van der Waals surface area contributed by atoms with Gasteiger partial charge in [0.25, 0.3) is 0 Å². The molecule has 0 rings (SSSR count). The van der Waals surface area contributed by atoms with Crippen molar-refractivity contribution in [1.29, 1.82) is 0 Å². The van der Waals surface area contributed by atoms with Crippen LogP contribution < -0.4 is 0 Å². The van der Waals surface area contributed by atoms with Crippen LogP contribution in [0.1, 0.15) is 6.92 Å². The van der Waals surface area contributed by atoms with E-state index in [0.29, 0.717) is 0 Å². The van der Waals surface area contributed by atoms with E-state index in [1.165, 1.54) is 6.20 Å². The predicted molar refractivity (Wildman–Crippen MR) is 37.7 cm³/mol. The lowest BCUT2D eigenvalue weighted by molar-refractivity contribution is 1.14. The third-order valence-electron chi connectivity index (χ3n) is 0.546. The van der Waals surface area contributed by atoms with Crippen molar-refractivity contribution in [2.75, 3.05) is 6.54 Å². The summed E-state index contributed by atoms with van der Waals surface area (Å²) in [5.74, 6) is 0. The van der Waals surface area contributed by atoms with Crippen molar-refractivity contribution in [3.63, 3.8) is 0 Å². The lowest BCUT2D eigenvalue weighted by Gasteiger charge is -1.72. The second kappa shape index (κ2) is 6.08. The molecular weight excluding hydrogens is 100 g/mol. The Bertz CT molecular complexity index is 103. The largest absolute Gasteiger partial charge is 0.292 e. The molecule has 0 aromatic rings. The molecule has 2 nitrogen and oxygen atoms in total. The Morgan fingerprint density at radius 3 is 2.75 bits per heavy atom. The van der Waals surface area contributed by atoms with Crippen LogP contribution in [0.25, 0.3) is 0 Å². The minimum absolute atomic E-state index is 0.809. The third kappa shape index (κ3) is 5.08. The summed E-state index contributed by atoms with van der Waals surface area (Å²) in [6, 6.07) is 0. The van der Waals surface area contributed by atoms with E-state index in [0.717, 1.165) is 6.54 Å². The Hall–Kier alpha value is -0.920. The van der Waals surface area contributed by atoms with Crippen molar-refractivity contribution in [1.82, 2.24) is 0 Å². The van der Waals surface area contributed by atoms with Gasteiger partial charge in [0.15, 0.2) is 0 Å². The number of hydrogen-bond donors (Lipinski definition) is 0. The van der Waals surface area contributed by atoms with Crippen LogP contribution >= 0.6 is 0 Å². The van der Waals surface area contributed by atoms with Gasteiger partial charge in [0, 0.05) is 25.2 Å². The van der Waals surface area contributed by atoms with E-state index >= 15 is 0 Å². The average molecular weight is 110 g/mol. The zero-order chi connectivity index (χ0) is 6.24. The molecule has 0 saturated heterocycles. The van der Waals surface area contributed by atoms with E-state index in [4.69, 9.17) is 0 Å². The first-order valence-electron chi connectivity index (χ1n) is 2.54. The van der Waals surface area contributed by atoms with Crippen molar-refractivity contribution >= 4 is 12.4 Å². The SMILES string of the molecule is C=CN=CC=NCC. The summed E-state index contributed by atoms with van der Waals surface area (Å²) < 4.78 is 0. The molecule has 0 spiro atoms. The van der Waals surface area contributed by atoms with Gasteiger partial charge in [0.1, 0.15) is 0 Å². The standard InChI is InChI=1S/C6H10N2/c1-3-7-5-6-8-4-2/h3,5-6H,1,4H2,2H3. The summed E-state index contributed by atoms with van der Waals surface area (Å²) in [6.07, 6.45) is 4.74. The molecular formula is C6H10N2. The average Bonchev–Trinajstić information content (AvgIpc) is 1.81. The molecule has 0 aliphatic carbocycles. The molecule has 0 amide bonds. The summed E-state index contributed by atoms with van der Waals surface area (Å²) in [7, 11) is 0. The van der Waals surface area contributed by atoms with Crippen LogP contribution in [-0.4, -0.2) is 19.0 Å². The number of aliphatic imine (C=N–C) groups is 2. The van der Waals surface area contributed by atoms with E-state index in [2.05, 4.69) is 16.6 Å². The Kier molecular flexibility index (Phi) is 5.38. The lowest BCUT2D eigenvalue weighted by Crippen LogP contribution is -1.74. The Labute approximate surface area is 49.7 Å². The van der Waals surface area contributed by atoms with E-state index in [1.54, 1.807) is 12.4 Å². The molecule has 0 aliphatic heterocycles. The fraction of sp³-hybridized carbons (Fsp3) is 0.333. The van der Waals surface area contributed by atoms with E-state index in [9.17, 15) is 0 Å². The van der Waals surface area contributed by atoms with Gasteiger partial charge >= 0.3 is 0 Å². The van der Waals surface area contributed by atoms with Crippen molar-refractivity contribution < 1.29 is 0 Å². The van der Waals surface area contributed by atoms with Crippen LogP contribution in [0.2, 0.25) is 0 Å². The number of nitrogens with zero attached hydrogens (tertiary/aromatic N) is 2. The van der Waals surface area contributed by atoms with Gasteiger partial charge in [-0.1, -0.05) is 6.58 Å². The van der Waals surface area contributed by atoms with Gasteiger partial charge in [0.05, 0.1) is 0 Å². The lowest BCUT2D eigenvalue weighted by atomic mass is 10.7. The quantitative estimate of drug-likeness (QED) is 0.489. The van der Waals surface area contributed by atoms with Crippen LogP contribution in [0.15, 0.2) is 22.8 Å². The molecule has 2 heteroatoms. The molecule has 0 N–H and O–H groups in total. The Morgan fingerprint density at radius 1 is 1.50 bits per heavy atom. The molecule has 0 heterocycles. The summed E-state index contributed by atoms with van der Waals surface area (Å²) in [5.41, 5.74) is 0. The first kappa shape index (κ1) is 7.08. The summed E-state index contributed by atoms with van der Waals surface area (Å²) in [4.78, 5) is 7.59. The van der Waals surface area contributed by atoms with Gasteiger partial charge in [-0.05, 0) is 6.92 Å². The van der Waals surface area contributed by atoms with Gasteiger partial charge in [0.2, 0.25) is 0 Å². The maximum absolute atomic E-state index is 3.89. The smallest absolute Gasteiger partial charge is 0.0446 e. The summed E-state index contributed by atoms with van der Waals surface area (Å²) in [5, 5.41) is 0. The van der Waals surface area contributed by atoms with E-state index < -0.39 is 0 Å². The molecule has 0 atom stereocenters. The molecule has 0 aromatic carbocycles. The van der Waals surface area contributed by atoms with Crippen LogP contribution in [0.4, 0.5) is 0 Å². The van der Waals surface area contributed by atoms with Crippen molar-refractivity contribution in [2.24, 2.45) is 9.98 Å². The van der Waals surface area contributed by atoms with Crippen molar-refractivity contribution in [3.8, 4) is 0 Å². The molecule has 44 valence electrons. The second-order valence-electron chi connectivity index (χ2n) is 1.13. The predicted octanol–water partition coefficient (Wildman–Crippen LogP) is 1.29. The van der Waals surface area contributed by atoms with Gasteiger partial charge in [-0.25, -0.2) is 0 Å². The number of rotatable bonds is 3.